The van der Waals surface area contributed by atoms with Crippen molar-refractivity contribution in [3.05, 3.63) is 11.6 Å². The van der Waals surface area contributed by atoms with Crippen molar-refractivity contribution in [2.45, 2.75) is 130 Å². The number of aldehydes is 1. The summed E-state index contributed by atoms with van der Waals surface area (Å²) in [5, 5.41) is 11.6. The molecule has 258 valence electrons. The van der Waals surface area contributed by atoms with Crippen LogP contribution in [0.15, 0.2) is 11.6 Å². The van der Waals surface area contributed by atoms with Crippen molar-refractivity contribution >= 4 is 12.3 Å². The zero-order valence-corrected chi connectivity index (χ0v) is 29.6. The van der Waals surface area contributed by atoms with Gasteiger partial charge >= 0.3 is 5.97 Å². The Morgan fingerprint density at radius 2 is 1.78 bits per heavy atom. The fraction of sp³-hybridized carbons (Fsp3) is 0.900. The number of carboxylic acid groups (broad SMARTS) is 1. The molecule has 2 heterocycles. The smallest absolute Gasteiger partial charge is 0.315 e. The third kappa shape index (κ3) is 4.79. The van der Waals surface area contributed by atoms with Gasteiger partial charge in [-0.05, 0) is 106 Å². The number of hydrogen-bond acceptors (Lipinski definition) is 5. The van der Waals surface area contributed by atoms with Crippen molar-refractivity contribution < 1.29 is 19.4 Å². The molecule has 0 radical (unpaired) electrons. The van der Waals surface area contributed by atoms with Crippen LogP contribution in [0.25, 0.3) is 0 Å². The molecule has 4 bridgehead atoms. The van der Waals surface area contributed by atoms with Crippen molar-refractivity contribution in [3.63, 3.8) is 0 Å². The lowest BCUT2D eigenvalue weighted by Gasteiger charge is -2.60. The maximum atomic E-state index is 14.2. The minimum Gasteiger partial charge on any atom is -0.481 e. The molecule has 0 spiro atoms. The highest BCUT2D eigenvalue weighted by Gasteiger charge is 2.86. The topological polar surface area (TPSA) is 70.1 Å². The van der Waals surface area contributed by atoms with E-state index < -0.39 is 22.2 Å². The van der Waals surface area contributed by atoms with Crippen molar-refractivity contribution in [2.24, 2.45) is 57.7 Å². The van der Waals surface area contributed by atoms with Crippen LogP contribution < -0.4 is 0 Å². The van der Waals surface area contributed by atoms with Crippen LogP contribution in [0, 0.1) is 57.7 Å². The van der Waals surface area contributed by atoms with Crippen LogP contribution in [0.3, 0.4) is 0 Å². The van der Waals surface area contributed by atoms with Gasteiger partial charge < -0.3 is 19.5 Å². The van der Waals surface area contributed by atoms with Gasteiger partial charge in [0.15, 0.2) is 0 Å². The van der Waals surface area contributed by atoms with Crippen LogP contribution in [0.4, 0.5) is 0 Å². The van der Waals surface area contributed by atoms with Gasteiger partial charge in [0.1, 0.15) is 11.7 Å². The molecule has 6 heteroatoms. The first-order valence-electron chi connectivity index (χ1n) is 19.8. The molecule has 0 aromatic rings. The van der Waals surface area contributed by atoms with E-state index >= 15 is 0 Å². The van der Waals surface area contributed by atoms with Gasteiger partial charge in [-0.25, -0.2) is 0 Å². The molecule has 7 aliphatic rings. The number of nitrogens with zero attached hydrogens (tertiary/aromatic N) is 2. The molecule has 6 fully saturated rings. The molecule has 5 aliphatic carbocycles. The summed E-state index contributed by atoms with van der Waals surface area (Å²) in [6.07, 6.45) is 20.0. The Kier molecular flexibility index (Phi) is 9.33. The first-order chi connectivity index (χ1) is 22.2. The van der Waals surface area contributed by atoms with E-state index in [0.717, 1.165) is 63.9 Å². The number of rotatable bonds is 12. The Labute approximate surface area is 279 Å². The number of likely N-dealkylation sites (tertiary alicyclic amines) is 1. The standard InChI is InChI=1S/C40H64N2O4/c1-5-16-42(20-19-41-17-10-7-11-18-41)25-35-31(29-12-8-6-9-13-29)22-36(46-35)39-24-32-28(4)14-15-33(32)38(26-43)23-30(39)21-34(27(2)3)40(38,39)37(44)45/h21,26-33,35-36H,5-20,22-25H2,1-4H3,(H,44,45)/t28-,30?,31+,32-,33-,35+,36-,38?,39?,40+/m1/s1. The van der Waals surface area contributed by atoms with E-state index in [-0.39, 0.29) is 30.0 Å². The summed E-state index contributed by atoms with van der Waals surface area (Å²) in [5.41, 5.74) is -1.42. The van der Waals surface area contributed by atoms with Gasteiger partial charge in [-0.1, -0.05) is 84.3 Å². The molecule has 2 saturated heterocycles. The highest BCUT2D eigenvalue weighted by molar-refractivity contribution is 5.90. The van der Waals surface area contributed by atoms with Gasteiger partial charge in [-0.3, -0.25) is 9.69 Å². The van der Waals surface area contributed by atoms with Gasteiger partial charge in [0.2, 0.25) is 0 Å². The number of carboxylic acids is 1. The van der Waals surface area contributed by atoms with E-state index in [2.05, 4.69) is 43.6 Å². The number of aliphatic carboxylic acids is 1. The summed E-state index contributed by atoms with van der Waals surface area (Å²) in [6.45, 7) is 15.8. The summed E-state index contributed by atoms with van der Waals surface area (Å²) in [5.74, 6) is 1.77. The monoisotopic (exact) mass is 636 g/mol. The lowest BCUT2D eigenvalue weighted by molar-refractivity contribution is -0.197. The van der Waals surface area contributed by atoms with E-state index in [0.29, 0.717) is 30.1 Å². The summed E-state index contributed by atoms with van der Waals surface area (Å²) in [4.78, 5) is 33.2. The number of carbonyl (C=O) groups is 2. The maximum absolute atomic E-state index is 14.2. The normalized spacial score (nSPS) is 44.2. The van der Waals surface area contributed by atoms with Crippen molar-refractivity contribution in [1.29, 1.82) is 0 Å². The first-order valence-corrected chi connectivity index (χ1v) is 19.8. The second-order valence-corrected chi connectivity index (χ2v) is 17.5. The fourth-order valence-corrected chi connectivity index (χ4v) is 13.5. The van der Waals surface area contributed by atoms with Gasteiger partial charge in [0.05, 0.1) is 17.6 Å². The molecule has 7 rings (SSSR count). The van der Waals surface area contributed by atoms with Crippen LogP contribution in [-0.4, -0.2) is 78.6 Å². The Hall–Kier alpha value is -1.24. The summed E-state index contributed by atoms with van der Waals surface area (Å²) in [6, 6.07) is 0. The molecule has 46 heavy (non-hydrogen) atoms. The van der Waals surface area contributed by atoms with Crippen LogP contribution in [0.5, 0.6) is 0 Å². The Morgan fingerprint density at radius 1 is 1.04 bits per heavy atom. The zero-order chi connectivity index (χ0) is 32.3. The van der Waals surface area contributed by atoms with Crippen LogP contribution >= 0.6 is 0 Å². The molecule has 2 aliphatic heterocycles. The van der Waals surface area contributed by atoms with Gasteiger partial charge in [0, 0.05) is 25.0 Å². The molecular weight excluding hydrogens is 572 g/mol. The van der Waals surface area contributed by atoms with Crippen molar-refractivity contribution in [3.8, 4) is 0 Å². The number of piperidine rings is 1. The van der Waals surface area contributed by atoms with E-state index in [1.165, 1.54) is 70.7 Å². The summed E-state index contributed by atoms with van der Waals surface area (Å²) < 4.78 is 7.55. The number of carbonyl (C=O) groups excluding carboxylic acids is 1. The highest BCUT2D eigenvalue weighted by atomic mass is 16.5. The Bertz CT molecular complexity index is 1160. The van der Waals surface area contributed by atoms with Gasteiger partial charge in [-0.2, -0.15) is 0 Å². The van der Waals surface area contributed by atoms with E-state index in [4.69, 9.17) is 4.74 Å². The van der Waals surface area contributed by atoms with Crippen LogP contribution in [0.1, 0.15) is 118 Å². The molecule has 0 amide bonds. The molecule has 1 N–H and O–H groups in total. The molecule has 0 aromatic carbocycles. The minimum absolute atomic E-state index is 0.0980. The number of fused-ring (bicyclic) bond motifs is 2. The van der Waals surface area contributed by atoms with Crippen LogP contribution in [-0.2, 0) is 14.3 Å². The van der Waals surface area contributed by atoms with E-state index in [1.807, 2.05) is 0 Å². The number of hydrogen-bond donors (Lipinski definition) is 1. The largest absolute Gasteiger partial charge is 0.481 e. The average Bonchev–Trinajstić information content (AvgIpc) is 3.78. The fourth-order valence-electron chi connectivity index (χ4n) is 13.5. The van der Waals surface area contributed by atoms with Crippen LogP contribution in [0.2, 0.25) is 0 Å². The van der Waals surface area contributed by atoms with E-state index in [9.17, 15) is 14.7 Å². The second kappa shape index (κ2) is 12.9. The third-order valence-corrected chi connectivity index (χ3v) is 15.3. The first kappa shape index (κ1) is 33.3. The Balaban J connectivity index is 1.25. The van der Waals surface area contributed by atoms with Crippen molar-refractivity contribution in [1.82, 2.24) is 9.80 Å². The molecule has 3 unspecified atom stereocenters. The molecule has 4 saturated carbocycles. The second-order valence-electron chi connectivity index (χ2n) is 17.5. The summed E-state index contributed by atoms with van der Waals surface area (Å²) >= 11 is 0. The van der Waals surface area contributed by atoms with Gasteiger partial charge in [0.25, 0.3) is 0 Å². The summed E-state index contributed by atoms with van der Waals surface area (Å²) in [7, 11) is 0. The predicted molar refractivity (Wildman–Crippen MR) is 182 cm³/mol. The number of allylic oxidation sites excluding steroid dienone is 1. The van der Waals surface area contributed by atoms with Gasteiger partial charge in [-0.15, -0.1) is 0 Å². The molecule has 10 atom stereocenters. The molecular formula is C40H64N2O4. The maximum Gasteiger partial charge on any atom is 0.315 e. The van der Waals surface area contributed by atoms with Crippen molar-refractivity contribution in [2.75, 3.05) is 39.3 Å². The zero-order valence-electron chi connectivity index (χ0n) is 29.6. The number of ether oxygens (including phenoxy) is 1. The quantitative estimate of drug-likeness (QED) is 0.177. The third-order valence-electron chi connectivity index (χ3n) is 15.3. The average molecular weight is 637 g/mol. The Morgan fingerprint density at radius 3 is 2.46 bits per heavy atom. The lowest BCUT2D eigenvalue weighted by atomic mass is 9.41. The predicted octanol–water partition coefficient (Wildman–Crippen LogP) is 7.46. The lowest BCUT2D eigenvalue weighted by Crippen LogP contribution is -2.65. The minimum atomic E-state index is -1.14. The molecule has 0 aromatic heterocycles. The highest BCUT2D eigenvalue weighted by Crippen LogP contribution is 2.84. The van der Waals surface area contributed by atoms with E-state index in [1.54, 1.807) is 0 Å². The SMILES string of the molecule is CCCN(CCN1CCCCC1)C[C@@H]1O[C@@H](C23C[C@@H]4[C@H](C)CC[C@H]4C4(C=O)CC2C=C(C(C)C)[C@]43C(=O)O)C[C@H]1C1CCCCC1. The molecule has 6 nitrogen and oxygen atoms in total.